The van der Waals surface area contributed by atoms with Crippen LogP contribution in [0.1, 0.15) is 21.6 Å². The van der Waals surface area contributed by atoms with Crippen molar-refractivity contribution in [1.29, 1.82) is 0 Å². The number of benzene rings is 1. The van der Waals surface area contributed by atoms with Gasteiger partial charge in [0.25, 0.3) is 0 Å². The van der Waals surface area contributed by atoms with Gasteiger partial charge in [-0.15, -0.1) is 0 Å². The molecule has 2 aromatic rings. The van der Waals surface area contributed by atoms with E-state index in [0.717, 1.165) is 11.3 Å². The largest absolute Gasteiger partial charge is 0.493 e. The van der Waals surface area contributed by atoms with Crippen molar-refractivity contribution in [3.05, 3.63) is 53.3 Å². The first kappa shape index (κ1) is 14.1. The van der Waals surface area contributed by atoms with Gasteiger partial charge < -0.3 is 9.47 Å². The minimum atomic E-state index is 0.00375. The number of pyridine rings is 1. The Balaban J connectivity index is 2.21. The number of carbonyl (C=O) groups is 1. The Kier molecular flexibility index (Phi) is 4.35. The molecule has 0 amide bonds. The first-order valence-corrected chi connectivity index (χ1v) is 6.31. The number of aromatic nitrogens is 1. The summed E-state index contributed by atoms with van der Waals surface area (Å²) in [4.78, 5) is 16.5. The van der Waals surface area contributed by atoms with Crippen molar-refractivity contribution < 1.29 is 14.3 Å². The highest BCUT2D eigenvalue weighted by Crippen LogP contribution is 2.28. The SMILES string of the molecule is COc1ccc(C(=O)Cc2cc(C)ccn2)cc1OC. The van der Waals surface area contributed by atoms with E-state index < -0.39 is 0 Å². The van der Waals surface area contributed by atoms with Crippen LogP contribution < -0.4 is 9.47 Å². The highest BCUT2D eigenvalue weighted by Gasteiger charge is 2.12. The average molecular weight is 271 g/mol. The third-order valence-corrected chi connectivity index (χ3v) is 3.02. The number of Topliss-reactive ketones (excluding diaryl/α,β-unsaturated/α-hetero) is 1. The first-order valence-electron chi connectivity index (χ1n) is 6.31. The molecule has 20 heavy (non-hydrogen) atoms. The number of ketones is 1. The van der Waals surface area contributed by atoms with Gasteiger partial charge >= 0.3 is 0 Å². The summed E-state index contributed by atoms with van der Waals surface area (Å²) < 4.78 is 10.4. The number of rotatable bonds is 5. The van der Waals surface area contributed by atoms with Gasteiger partial charge in [0, 0.05) is 17.5 Å². The van der Waals surface area contributed by atoms with Crippen LogP contribution in [0.15, 0.2) is 36.5 Å². The Labute approximate surface area is 118 Å². The Hall–Kier alpha value is -2.36. The lowest BCUT2D eigenvalue weighted by Gasteiger charge is -2.09. The number of carbonyl (C=O) groups excluding carboxylic acids is 1. The molecule has 0 saturated heterocycles. The van der Waals surface area contributed by atoms with Crippen LogP contribution in [-0.2, 0) is 6.42 Å². The van der Waals surface area contributed by atoms with Gasteiger partial charge in [-0.1, -0.05) is 0 Å². The normalized spacial score (nSPS) is 10.2. The highest BCUT2D eigenvalue weighted by atomic mass is 16.5. The standard InChI is InChI=1S/C16H17NO3/c1-11-6-7-17-13(8-11)10-14(18)12-4-5-15(19-2)16(9-12)20-3/h4-9H,10H2,1-3H3. The molecular weight excluding hydrogens is 254 g/mol. The fourth-order valence-electron chi connectivity index (χ4n) is 1.97. The summed E-state index contributed by atoms with van der Waals surface area (Å²) in [6, 6.07) is 8.98. The van der Waals surface area contributed by atoms with Crippen LogP contribution in [-0.4, -0.2) is 25.0 Å². The number of methoxy groups -OCH3 is 2. The van der Waals surface area contributed by atoms with Crippen LogP contribution in [0.25, 0.3) is 0 Å². The highest BCUT2D eigenvalue weighted by molar-refractivity contribution is 5.97. The van der Waals surface area contributed by atoms with E-state index in [1.807, 2.05) is 19.1 Å². The maximum atomic E-state index is 12.3. The van der Waals surface area contributed by atoms with Crippen LogP contribution in [0, 0.1) is 6.92 Å². The van der Waals surface area contributed by atoms with Crippen molar-refractivity contribution in [1.82, 2.24) is 4.98 Å². The van der Waals surface area contributed by atoms with Crippen molar-refractivity contribution in [3.63, 3.8) is 0 Å². The van der Waals surface area contributed by atoms with Crippen LogP contribution in [0.3, 0.4) is 0 Å². The van der Waals surface area contributed by atoms with Crippen molar-refractivity contribution in [3.8, 4) is 11.5 Å². The van der Waals surface area contributed by atoms with Crippen LogP contribution in [0.2, 0.25) is 0 Å². The molecule has 1 aromatic heterocycles. The lowest BCUT2D eigenvalue weighted by Crippen LogP contribution is -2.06. The summed E-state index contributed by atoms with van der Waals surface area (Å²) in [5, 5.41) is 0. The molecule has 4 nitrogen and oxygen atoms in total. The summed E-state index contributed by atoms with van der Waals surface area (Å²) >= 11 is 0. The summed E-state index contributed by atoms with van der Waals surface area (Å²) in [6.45, 7) is 1.98. The number of hydrogen-bond donors (Lipinski definition) is 0. The zero-order valence-electron chi connectivity index (χ0n) is 11.8. The van der Waals surface area contributed by atoms with E-state index in [0.29, 0.717) is 17.1 Å². The second-order valence-corrected chi connectivity index (χ2v) is 4.49. The third-order valence-electron chi connectivity index (χ3n) is 3.02. The smallest absolute Gasteiger partial charge is 0.168 e. The Morgan fingerprint density at radius 3 is 2.50 bits per heavy atom. The summed E-state index contributed by atoms with van der Waals surface area (Å²) in [7, 11) is 3.12. The zero-order valence-corrected chi connectivity index (χ0v) is 11.8. The molecule has 1 aromatic carbocycles. The maximum absolute atomic E-state index is 12.3. The fraction of sp³-hybridized carbons (Fsp3) is 0.250. The number of hydrogen-bond acceptors (Lipinski definition) is 4. The number of ether oxygens (including phenoxy) is 2. The monoisotopic (exact) mass is 271 g/mol. The molecule has 0 bridgehead atoms. The van der Waals surface area contributed by atoms with Gasteiger partial charge in [0.2, 0.25) is 0 Å². The predicted octanol–water partition coefficient (Wildman–Crippen LogP) is 2.83. The zero-order chi connectivity index (χ0) is 14.5. The number of nitrogens with zero attached hydrogens (tertiary/aromatic N) is 1. The molecule has 0 aliphatic heterocycles. The van der Waals surface area contributed by atoms with E-state index in [1.165, 1.54) is 0 Å². The van der Waals surface area contributed by atoms with Gasteiger partial charge in [-0.05, 0) is 42.8 Å². The van der Waals surface area contributed by atoms with E-state index in [-0.39, 0.29) is 12.2 Å². The molecule has 0 N–H and O–H groups in total. The quantitative estimate of drug-likeness (QED) is 0.785. The van der Waals surface area contributed by atoms with Crippen LogP contribution >= 0.6 is 0 Å². The van der Waals surface area contributed by atoms with E-state index in [2.05, 4.69) is 4.98 Å². The molecule has 0 spiro atoms. The molecule has 4 heteroatoms. The van der Waals surface area contributed by atoms with Crippen molar-refractivity contribution in [2.24, 2.45) is 0 Å². The Morgan fingerprint density at radius 1 is 1.10 bits per heavy atom. The maximum Gasteiger partial charge on any atom is 0.168 e. The molecular formula is C16H17NO3. The van der Waals surface area contributed by atoms with Gasteiger partial charge in [-0.25, -0.2) is 0 Å². The van der Waals surface area contributed by atoms with Gasteiger partial charge in [-0.2, -0.15) is 0 Å². The first-order chi connectivity index (χ1) is 9.63. The molecule has 0 atom stereocenters. The molecule has 104 valence electrons. The van der Waals surface area contributed by atoms with Crippen LogP contribution in [0.4, 0.5) is 0 Å². The Bertz CT molecular complexity index is 623. The van der Waals surface area contributed by atoms with Gasteiger partial charge in [0.05, 0.1) is 20.6 Å². The molecule has 0 saturated carbocycles. The lowest BCUT2D eigenvalue weighted by atomic mass is 10.0. The van der Waals surface area contributed by atoms with Crippen molar-refractivity contribution >= 4 is 5.78 Å². The minimum absolute atomic E-state index is 0.00375. The van der Waals surface area contributed by atoms with Gasteiger partial charge in [0.15, 0.2) is 17.3 Å². The van der Waals surface area contributed by atoms with E-state index >= 15 is 0 Å². The average Bonchev–Trinajstić information content (AvgIpc) is 2.46. The van der Waals surface area contributed by atoms with Crippen molar-refractivity contribution in [2.75, 3.05) is 14.2 Å². The second kappa shape index (κ2) is 6.19. The predicted molar refractivity (Wildman–Crippen MR) is 76.6 cm³/mol. The van der Waals surface area contributed by atoms with E-state index in [9.17, 15) is 4.79 Å². The lowest BCUT2D eigenvalue weighted by molar-refractivity contribution is 0.0991. The van der Waals surface area contributed by atoms with E-state index in [1.54, 1.807) is 38.6 Å². The third kappa shape index (κ3) is 3.15. The fourth-order valence-corrected chi connectivity index (χ4v) is 1.97. The molecule has 1 heterocycles. The summed E-state index contributed by atoms with van der Waals surface area (Å²) in [5.74, 6) is 1.16. The van der Waals surface area contributed by atoms with Gasteiger partial charge in [-0.3, -0.25) is 9.78 Å². The van der Waals surface area contributed by atoms with Crippen LogP contribution in [0.5, 0.6) is 11.5 Å². The Morgan fingerprint density at radius 2 is 1.85 bits per heavy atom. The molecule has 2 rings (SSSR count). The molecule has 0 aliphatic carbocycles. The molecule has 0 radical (unpaired) electrons. The topological polar surface area (TPSA) is 48.4 Å². The van der Waals surface area contributed by atoms with Gasteiger partial charge in [0.1, 0.15) is 0 Å². The summed E-state index contributed by atoms with van der Waals surface area (Å²) in [6.07, 6.45) is 1.99. The second-order valence-electron chi connectivity index (χ2n) is 4.49. The minimum Gasteiger partial charge on any atom is -0.493 e. The molecule has 0 unspecified atom stereocenters. The van der Waals surface area contributed by atoms with E-state index in [4.69, 9.17) is 9.47 Å². The number of aryl methyl sites for hydroxylation is 1. The molecule has 0 fully saturated rings. The van der Waals surface area contributed by atoms with Crippen molar-refractivity contribution in [2.45, 2.75) is 13.3 Å². The molecule has 0 aliphatic rings. The summed E-state index contributed by atoms with van der Waals surface area (Å²) in [5.41, 5.74) is 2.45.